The van der Waals surface area contributed by atoms with E-state index in [0.29, 0.717) is 17.7 Å². The number of rotatable bonds is 4. The Hall–Kier alpha value is -0.995. The fourth-order valence-corrected chi connectivity index (χ4v) is 3.64. The summed E-state index contributed by atoms with van der Waals surface area (Å²) in [6, 6.07) is 1.30. The third-order valence-electron chi connectivity index (χ3n) is 4.09. The number of nitrogens with zero attached hydrogens (tertiary/aromatic N) is 1. The Labute approximate surface area is 130 Å². The van der Waals surface area contributed by atoms with E-state index in [4.69, 9.17) is 0 Å². The van der Waals surface area contributed by atoms with E-state index in [9.17, 15) is 22.4 Å². The van der Waals surface area contributed by atoms with E-state index in [1.165, 1.54) is 13.0 Å². The zero-order valence-corrected chi connectivity index (χ0v) is 13.5. The van der Waals surface area contributed by atoms with Crippen LogP contribution in [0.25, 0.3) is 0 Å². The van der Waals surface area contributed by atoms with Crippen molar-refractivity contribution in [3.63, 3.8) is 0 Å². The van der Waals surface area contributed by atoms with Gasteiger partial charge in [-0.05, 0) is 42.1 Å². The maximum atomic E-state index is 13.5. The Bertz CT molecular complexity index is 660. The molecule has 1 heterocycles. The number of nitrogens with one attached hydrogen (secondary N) is 1. The molecule has 0 unspecified atom stereocenters. The number of piperazine rings is 1. The maximum absolute atomic E-state index is 13.5. The lowest BCUT2D eigenvalue weighted by Crippen LogP contribution is -2.43. The average molecular weight is 330 g/mol. The number of halogens is 1. The Morgan fingerprint density at radius 3 is 2.36 bits per heavy atom. The zero-order chi connectivity index (χ0) is 16.5. The van der Waals surface area contributed by atoms with Crippen LogP contribution in [0.3, 0.4) is 0 Å². The summed E-state index contributed by atoms with van der Waals surface area (Å²) >= 11 is 0. The second-order valence-corrected chi connectivity index (χ2v) is 6.85. The van der Waals surface area contributed by atoms with Gasteiger partial charge in [-0.15, -0.1) is 3.89 Å². The molecule has 6 nitrogen and oxygen atoms in total. The molecule has 2 rings (SSSR count). The van der Waals surface area contributed by atoms with Crippen LogP contribution in [-0.2, 0) is 16.8 Å². The molecular weight excluding hydrogens is 310 g/mol. The monoisotopic (exact) mass is 330 g/mol. The second-order valence-electron chi connectivity index (χ2n) is 5.54. The Kier molecular flexibility index (Phi) is 5.23. The first kappa shape index (κ1) is 17.4. The number of benzene rings is 1. The van der Waals surface area contributed by atoms with Gasteiger partial charge in [-0.1, -0.05) is 0 Å². The highest BCUT2D eigenvalue weighted by Crippen LogP contribution is 2.22. The summed E-state index contributed by atoms with van der Waals surface area (Å²) in [6.07, 6.45) is 0. The third kappa shape index (κ3) is 3.66. The fraction of sp³-hybridized carbons (Fsp3) is 0.538. The van der Waals surface area contributed by atoms with Gasteiger partial charge in [-0.3, -0.25) is 4.90 Å². The average Bonchev–Trinajstić information content (AvgIpc) is 2.41. The molecule has 1 fully saturated rings. The lowest BCUT2D eigenvalue weighted by atomic mass is 9.73. The van der Waals surface area contributed by atoms with Gasteiger partial charge in [0.2, 0.25) is 0 Å². The van der Waals surface area contributed by atoms with Crippen molar-refractivity contribution in [1.29, 1.82) is 0 Å². The van der Waals surface area contributed by atoms with Crippen LogP contribution in [-0.4, -0.2) is 56.7 Å². The van der Waals surface area contributed by atoms with Crippen LogP contribution in [0.1, 0.15) is 16.7 Å². The summed E-state index contributed by atoms with van der Waals surface area (Å²) in [5, 5.41) is 22.3. The molecule has 3 N–H and O–H groups in total. The van der Waals surface area contributed by atoms with Crippen LogP contribution in [0.4, 0.5) is 3.89 Å². The minimum atomic E-state index is -4.92. The van der Waals surface area contributed by atoms with Crippen molar-refractivity contribution in [3.05, 3.63) is 22.8 Å². The topological polar surface area (TPSA) is 89.9 Å². The van der Waals surface area contributed by atoms with Crippen LogP contribution in [0.5, 0.6) is 0 Å². The number of hydrogen-bond donors (Lipinski definition) is 3. The minimum absolute atomic E-state index is 0.0408. The van der Waals surface area contributed by atoms with E-state index in [1.54, 1.807) is 6.92 Å². The Morgan fingerprint density at radius 1 is 1.27 bits per heavy atom. The largest absolute Gasteiger partial charge is 0.489 e. The van der Waals surface area contributed by atoms with E-state index < -0.39 is 22.2 Å². The summed E-state index contributed by atoms with van der Waals surface area (Å²) in [7, 11) is -6.77. The fourth-order valence-electron chi connectivity index (χ4n) is 2.88. The van der Waals surface area contributed by atoms with E-state index in [1.807, 2.05) is 0 Å². The van der Waals surface area contributed by atoms with Gasteiger partial charge in [0, 0.05) is 32.7 Å². The quantitative estimate of drug-likeness (QED) is 0.487. The van der Waals surface area contributed by atoms with E-state index >= 15 is 0 Å². The Morgan fingerprint density at radius 2 is 1.86 bits per heavy atom. The minimum Gasteiger partial charge on any atom is -0.423 e. The first-order valence-electron chi connectivity index (χ1n) is 7.08. The lowest BCUT2D eigenvalue weighted by molar-refractivity contribution is 0.232. The summed E-state index contributed by atoms with van der Waals surface area (Å²) in [5.41, 5.74) is 1.27. The molecule has 122 valence electrons. The molecule has 1 aromatic carbocycles. The van der Waals surface area contributed by atoms with Gasteiger partial charge in [-0.25, -0.2) is 0 Å². The molecular formula is C13H20BFN2O4S. The van der Waals surface area contributed by atoms with Gasteiger partial charge in [0.15, 0.2) is 0 Å². The predicted octanol–water partition coefficient (Wildman–Crippen LogP) is -0.953. The van der Waals surface area contributed by atoms with Crippen molar-refractivity contribution < 1.29 is 22.4 Å². The predicted molar refractivity (Wildman–Crippen MR) is 82.2 cm³/mol. The van der Waals surface area contributed by atoms with Gasteiger partial charge < -0.3 is 15.4 Å². The van der Waals surface area contributed by atoms with Crippen molar-refractivity contribution >= 4 is 22.8 Å². The molecule has 0 saturated carbocycles. The molecule has 1 aliphatic rings. The molecule has 1 saturated heterocycles. The smallest absolute Gasteiger partial charge is 0.423 e. The molecule has 1 aliphatic heterocycles. The van der Waals surface area contributed by atoms with Crippen LogP contribution in [0.15, 0.2) is 11.0 Å². The molecule has 9 heteroatoms. The van der Waals surface area contributed by atoms with E-state index in [2.05, 4.69) is 10.2 Å². The highest BCUT2D eigenvalue weighted by Gasteiger charge is 2.27. The molecule has 1 aromatic rings. The van der Waals surface area contributed by atoms with Gasteiger partial charge in [0.1, 0.15) is 4.90 Å². The van der Waals surface area contributed by atoms with Crippen molar-refractivity contribution in [2.45, 2.75) is 25.3 Å². The first-order chi connectivity index (χ1) is 10.2. The van der Waals surface area contributed by atoms with Crippen molar-refractivity contribution in [2.75, 3.05) is 26.2 Å². The van der Waals surface area contributed by atoms with Crippen molar-refractivity contribution in [1.82, 2.24) is 10.2 Å². The van der Waals surface area contributed by atoms with E-state index in [0.717, 1.165) is 26.2 Å². The first-order valence-corrected chi connectivity index (χ1v) is 8.47. The van der Waals surface area contributed by atoms with Crippen LogP contribution < -0.4 is 10.8 Å². The van der Waals surface area contributed by atoms with Gasteiger partial charge >= 0.3 is 17.3 Å². The van der Waals surface area contributed by atoms with E-state index in [-0.39, 0.29) is 11.0 Å². The highest BCUT2D eigenvalue weighted by molar-refractivity contribution is 7.86. The highest BCUT2D eigenvalue weighted by atomic mass is 32.3. The van der Waals surface area contributed by atoms with Gasteiger partial charge in [0.25, 0.3) is 0 Å². The lowest BCUT2D eigenvalue weighted by Gasteiger charge is -2.28. The summed E-state index contributed by atoms with van der Waals surface area (Å²) in [4.78, 5) is 1.61. The molecule has 0 radical (unpaired) electrons. The molecule has 0 bridgehead atoms. The van der Waals surface area contributed by atoms with Crippen LogP contribution in [0.2, 0.25) is 0 Å². The van der Waals surface area contributed by atoms with Gasteiger partial charge in [-0.2, -0.15) is 8.42 Å². The van der Waals surface area contributed by atoms with Crippen molar-refractivity contribution in [3.8, 4) is 0 Å². The molecule has 0 atom stereocenters. The summed E-state index contributed by atoms with van der Waals surface area (Å²) < 4.78 is 36.2. The summed E-state index contributed by atoms with van der Waals surface area (Å²) in [6.45, 7) is 6.75. The second kappa shape index (κ2) is 6.63. The van der Waals surface area contributed by atoms with Crippen molar-refractivity contribution in [2.24, 2.45) is 0 Å². The maximum Gasteiger partial charge on any atom is 0.489 e. The normalized spacial score (nSPS) is 16.8. The molecule has 0 aromatic heterocycles. The standard InChI is InChI=1S/C13H20BFN2O4S/c1-9-11(8-17-5-3-16-4-6-17)7-12(22(15,20)21)10(2)13(9)14(18)19/h7,16,18-19H,3-6,8H2,1-2H3. The summed E-state index contributed by atoms with van der Waals surface area (Å²) in [5.74, 6) is 0. The Balaban J connectivity index is 2.50. The van der Waals surface area contributed by atoms with Crippen LogP contribution >= 0.6 is 0 Å². The van der Waals surface area contributed by atoms with Crippen LogP contribution in [0, 0.1) is 13.8 Å². The molecule has 22 heavy (non-hydrogen) atoms. The molecule has 0 amide bonds. The molecule has 0 spiro atoms. The third-order valence-corrected chi connectivity index (χ3v) is 5.04. The zero-order valence-electron chi connectivity index (χ0n) is 12.6. The SMILES string of the molecule is Cc1c(CN2CCNCC2)cc(S(=O)(=O)F)c(C)c1B(O)O. The van der Waals surface area contributed by atoms with Gasteiger partial charge in [0.05, 0.1) is 0 Å². The molecule has 0 aliphatic carbocycles. The number of hydrogen-bond acceptors (Lipinski definition) is 6.